The summed E-state index contributed by atoms with van der Waals surface area (Å²) in [7, 11) is 0. The molecule has 142 valence electrons. The maximum absolute atomic E-state index is 5.88. The molecule has 0 radical (unpaired) electrons. The molecule has 6 rings (SSSR count). The van der Waals surface area contributed by atoms with Crippen LogP contribution in [0.25, 0.3) is 38.7 Å². The van der Waals surface area contributed by atoms with Crippen molar-refractivity contribution < 1.29 is 9.26 Å². The van der Waals surface area contributed by atoms with E-state index in [9.17, 15) is 0 Å². The van der Waals surface area contributed by atoms with Gasteiger partial charge >= 0.3 is 0 Å². The molecule has 3 heterocycles. The molecular formula is C24H18N2O2S. The van der Waals surface area contributed by atoms with Gasteiger partial charge in [-0.05, 0) is 41.1 Å². The van der Waals surface area contributed by atoms with E-state index >= 15 is 0 Å². The van der Waals surface area contributed by atoms with Gasteiger partial charge in [-0.1, -0.05) is 47.6 Å². The smallest absolute Gasteiger partial charge is 0.175 e. The summed E-state index contributed by atoms with van der Waals surface area (Å²) in [5.41, 5.74) is 4.25. The van der Waals surface area contributed by atoms with Crippen LogP contribution in [0.1, 0.15) is 11.1 Å². The number of ether oxygens (including phenoxy) is 1. The number of rotatable bonds is 3. The number of aromatic nitrogens is 2. The Bertz CT molecular complexity index is 1330. The molecule has 1 atom stereocenters. The molecule has 29 heavy (non-hydrogen) atoms. The normalized spacial score (nSPS) is 16.8. The number of fused-ring (bicyclic) bond motifs is 2. The lowest BCUT2D eigenvalue weighted by Crippen LogP contribution is -2.02. The van der Waals surface area contributed by atoms with Crippen molar-refractivity contribution in [3.05, 3.63) is 84.7 Å². The molecule has 4 nitrogen and oxygen atoms in total. The monoisotopic (exact) mass is 398 g/mol. The molecule has 0 aliphatic carbocycles. The zero-order valence-corrected chi connectivity index (χ0v) is 16.4. The van der Waals surface area contributed by atoms with Crippen molar-refractivity contribution in [2.45, 2.75) is 5.44 Å². The van der Waals surface area contributed by atoms with E-state index in [0.717, 1.165) is 51.4 Å². The van der Waals surface area contributed by atoms with Crippen molar-refractivity contribution in [3.63, 3.8) is 0 Å². The lowest BCUT2D eigenvalue weighted by molar-refractivity contribution is 0.141. The third-order valence-electron chi connectivity index (χ3n) is 5.42. The fraction of sp³-hybridized carbons (Fsp3) is 0.125. The number of hydrogen-bond acceptors (Lipinski definition) is 4. The van der Waals surface area contributed by atoms with Crippen molar-refractivity contribution in [1.82, 2.24) is 9.72 Å². The summed E-state index contributed by atoms with van der Waals surface area (Å²) in [6, 6.07) is 25.1. The van der Waals surface area contributed by atoms with Gasteiger partial charge in [0.05, 0.1) is 17.7 Å². The fourth-order valence-corrected chi connectivity index (χ4v) is 5.01. The summed E-state index contributed by atoms with van der Waals surface area (Å²) < 4.78 is 13.9. The van der Waals surface area contributed by atoms with Crippen molar-refractivity contribution in [2.75, 3.05) is 12.4 Å². The van der Waals surface area contributed by atoms with Crippen molar-refractivity contribution in [2.24, 2.45) is 0 Å². The molecule has 0 amide bonds. The highest BCUT2D eigenvalue weighted by Gasteiger charge is 2.22. The first kappa shape index (κ1) is 16.9. The Balaban J connectivity index is 1.52. The van der Waals surface area contributed by atoms with E-state index in [-0.39, 0.29) is 5.44 Å². The van der Waals surface area contributed by atoms with Crippen LogP contribution < -0.4 is 0 Å². The van der Waals surface area contributed by atoms with Crippen LogP contribution in [0.2, 0.25) is 0 Å². The van der Waals surface area contributed by atoms with E-state index in [1.165, 1.54) is 5.39 Å². The number of hydrogen-bond donors (Lipinski definition) is 0. The summed E-state index contributed by atoms with van der Waals surface area (Å²) in [5.74, 6) is 1.84. The first-order valence-corrected chi connectivity index (χ1v) is 10.7. The molecule has 0 bridgehead atoms. The van der Waals surface area contributed by atoms with E-state index in [0.29, 0.717) is 0 Å². The highest BCUT2D eigenvalue weighted by atomic mass is 32.2. The van der Waals surface area contributed by atoms with Gasteiger partial charge in [0, 0.05) is 23.2 Å². The van der Waals surface area contributed by atoms with Crippen LogP contribution in [-0.2, 0) is 4.74 Å². The molecule has 1 aliphatic heterocycles. The second-order valence-corrected chi connectivity index (χ2v) is 8.29. The van der Waals surface area contributed by atoms with Crippen LogP contribution in [0, 0.1) is 0 Å². The average molecular weight is 398 g/mol. The Labute approximate surface area is 172 Å². The van der Waals surface area contributed by atoms with E-state index in [2.05, 4.69) is 82.7 Å². The molecule has 1 unspecified atom stereocenters. The maximum atomic E-state index is 5.88. The van der Waals surface area contributed by atoms with Gasteiger partial charge in [-0.3, -0.25) is 0 Å². The van der Waals surface area contributed by atoms with Crippen LogP contribution >= 0.6 is 11.8 Å². The molecular weight excluding hydrogens is 380 g/mol. The minimum Gasteiger partial charge on any atom is -0.360 e. The molecule has 5 aromatic rings. The molecule has 5 heteroatoms. The molecule has 1 aliphatic rings. The Morgan fingerprint density at radius 2 is 1.86 bits per heavy atom. The van der Waals surface area contributed by atoms with Gasteiger partial charge in [0.25, 0.3) is 0 Å². The molecule has 2 aromatic heterocycles. The molecule has 1 saturated heterocycles. The summed E-state index contributed by atoms with van der Waals surface area (Å²) in [6.07, 6.45) is 2.09. The van der Waals surface area contributed by atoms with E-state index < -0.39 is 0 Å². The topological polar surface area (TPSA) is 40.2 Å². The zero-order valence-electron chi connectivity index (χ0n) is 15.6. The Hall–Kier alpha value is -3.02. The van der Waals surface area contributed by atoms with Gasteiger partial charge in [-0.2, -0.15) is 0 Å². The van der Waals surface area contributed by atoms with Gasteiger partial charge in [0.2, 0.25) is 0 Å². The first-order valence-electron chi connectivity index (χ1n) is 9.67. The lowest BCUT2D eigenvalue weighted by Gasteiger charge is -2.14. The third kappa shape index (κ3) is 2.77. The molecule has 1 fully saturated rings. The van der Waals surface area contributed by atoms with Gasteiger partial charge < -0.3 is 13.8 Å². The Morgan fingerprint density at radius 1 is 0.931 bits per heavy atom. The van der Waals surface area contributed by atoms with E-state index in [1.807, 2.05) is 17.8 Å². The zero-order chi connectivity index (χ0) is 19.2. The minimum absolute atomic E-state index is 0.0840. The average Bonchev–Trinajstić information content (AvgIpc) is 3.53. The highest BCUT2D eigenvalue weighted by molar-refractivity contribution is 7.99. The van der Waals surface area contributed by atoms with Gasteiger partial charge in [-0.25, -0.2) is 0 Å². The molecule has 0 spiro atoms. The lowest BCUT2D eigenvalue weighted by atomic mass is 10.0. The Kier molecular flexibility index (Phi) is 3.96. The third-order valence-corrected chi connectivity index (χ3v) is 6.50. The van der Waals surface area contributed by atoms with Gasteiger partial charge in [0.15, 0.2) is 5.76 Å². The van der Waals surface area contributed by atoms with E-state index in [4.69, 9.17) is 9.26 Å². The summed E-state index contributed by atoms with van der Waals surface area (Å²) in [4.78, 5) is 0. The maximum Gasteiger partial charge on any atom is 0.175 e. The fourth-order valence-electron chi connectivity index (χ4n) is 4.05. The molecule has 0 N–H and O–H groups in total. The van der Waals surface area contributed by atoms with Crippen molar-refractivity contribution >= 4 is 33.4 Å². The summed E-state index contributed by atoms with van der Waals surface area (Å²) >= 11 is 1.84. The minimum atomic E-state index is 0.0840. The predicted molar refractivity (Wildman–Crippen MR) is 117 cm³/mol. The highest BCUT2D eigenvalue weighted by Crippen LogP contribution is 2.38. The second kappa shape index (κ2) is 6.79. The number of thioether (sulfide) groups is 1. The first-order chi connectivity index (χ1) is 14.4. The van der Waals surface area contributed by atoms with Crippen LogP contribution in [0.5, 0.6) is 0 Å². The molecule has 3 aromatic carbocycles. The van der Waals surface area contributed by atoms with Crippen LogP contribution in [0.3, 0.4) is 0 Å². The van der Waals surface area contributed by atoms with Crippen LogP contribution in [-0.4, -0.2) is 22.1 Å². The number of benzene rings is 3. The van der Waals surface area contributed by atoms with Gasteiger partial charge in [-0.15, -0.1) is 11.8 Å². The number of nitrogens with zero attached hydrogens (tertiary/aromatic N) is 2. The van der Waals surface area contributed by atoms with Gasteiger partial charge in [0.1, 0.15) is 11.0 Å². The van der Waals surface area contributed by atoms with Crippen molar-refractivity contribution in [1.29, 1.82) is 0 Å². The predicted octanol–water partition coefficient (Wildman–Crippen LogP) is 6.20. The summed E-state index contributed by atoms with van der Waals surface area (Å²) in [5, 5.41) is 7.68. The Morgan fingerprint density at radius 3 is 2.79 bits per heavy atom. The van der Waals surface area contributed by atoms with Crippen molar-refractivity contribution in [3.8, 4) is 17.0 Å². The van der Waals surface area contributed by atoms with Crippen LogP contribution in [0.15, 0.2) is 83.5 Å². The summed E-state index contributed by atoms with van der Waals surface area (Å²) in [6.45, 7) is 0.802. The van der Waals surface area contributed by atoms with Crippen LogP contribution in [0.4, 0.5) is 0 Å². The standard InChI is InChI=1S/C24H18N2O2S/c1-2-7-18-16(5-1)6-3-8-19(18)23-20-15-17(10-11-21(20)25-28-23)26-12-4-9-22(26)24-27-13-14-29-24/h1-12,15,24H,13-14H2. The van der Waals surface area contributed by atoms with E-state index in [1.54, 1.807) is 0 Å². The quantitative estimate of drug-likeness (QED) is 0.363. The molecule has 0 saturated carbocycles. The SMILES string of the molecule is c1ccc2c(-c3onc4ccc(-n5cccc5C5OCCS5)cc34)cccc2c1. The largest absolute Gasteiger partial charge is 0.360 e. The second-order valence-electron chi connectivity index (χ2n) is 7.12.